The van der Waals surface area contributed by atoms with Crippen LogP contribution in [0.4, 0.5) is 0 Å². The zero-order valence-electron chi connectivity index (χ0n) is 9.05. The van der Waals surface area contributed by atoms with E-state index >= 15 is 0 Å². The summed E-state index contributed by atoms with van der Waals surface area (Å²) in [6.07, 6.45) is 0.992. The van der Waals surface area contributed by atoms with Gasteiger partial charge in [0.1, 0.15) is 0 Å². The fraction of sp³-hybridized carbons (Fsp3) is 0.700. The topological polar surface area (TPSA) is 43.8 Å². The van der Waals surface area contributed by atoms with E-state index in [1.807, 2.05) is 11.6 Å². The summed E-state index contributed by atoms with van der Waals surface area (Å²) in [6.45, 7) is 7.93. The van der Waals surface area contributed by atoms with E-state index in [0.717, 1.165) is 29.7 Å². The Balaban J connectivity index is 2.93. The van der Waals surface area contributed by atoms with E-state index < -0.39 is 0 Å². The standard InChI is InChI=1S/C10H18BrN3/c1-4-14-9(5-7(2)6-12)10(11)8(3)13-14/h7H,4-6,12H2,1-3H3. The predicted molar refractivity (Wildman–Crippen MR) is 62.3 cm³/mol. The quantitative estimate of drug-likeness (QED) is 0.901. The number of hydrogen-bond acceptors (Lipinski definition) is 2. The molecule has 14 heavy (non-hydrogen) atoms. The zero-order valence-corrected chi connectivity index (χ0v) is 10.6. The molecule has 0 amide bonds. The van der Waals surface area contributed by atoms with Crippen molar-refractivity contribution in [2.45, 2.75) is 33.7 Å². The summed E-state index contributed by atoms with van der Waals surface area (Å²) in [6, 6.07) is 0. The SMILES string of the molecule is CCn1nc(C)c(Br)c1CC(C)CN. The van der Waals surface area contributed by atoms with Gasteiger partial charge in [0.25, 0.3) is 0 Å². The summed E-state index contributed by atoms with van der Waals surface area (Å²) < 4.78 is 3.19. The molecule has 1 heterocycles. The summed E-state index contributed by atoms with van der Waals surface area (Å²) >= 11 is 3.58. The first-order valence-corrected chi connectivity index (χ1v) is 5.81. The number of hydrogen-bond donors (Lipinski definition) is 1. The molecule has 0 saturated heterocycles. The molecular weight excluding hydrogens is 242 g/mol. The summed E-state index contributed by atoms with van der Waals surface area (Å²) in [5.41, 5.74) is 7.95. The van der Waals surface area contributed by atoms with E-state index in [-0.39, 0.29) is 0 Å². The van der Waals surface area contributed by atoms with E-state index in [4.69, 9.17) is 5.73 Å². The first kappa shape index (κ1) is 11.7. The molecule has 0 saturated carbocycles. The highest BCUT2D eigenvalue weighted by atomic mass is 79.9. The predicted octanol–water partition coefficient (Wildman–Crippen LogP) is 2.11. The Hall–Kier alpha value is -0.350. The lowest BCUT2D eigenvalue weighted by Gasteiger charge is -2.10. The molecule has 1 aromatic rings. The molecule has 80 valence electrons. The average Bonchev–Trinajstić information content (AvgIpc) is 2.45. The molecule has 0 spiro atoms. The minimum atomic E-state index is 0.507. The summed E-state index contributed by atoms with van der Waals surface area (Å²) in [4.78, 5) is 0. The lowest BCUT2D eigenvalue weighted by molar-refractivity contribution is 0.536. The van der Waals surface area contributed by atoms with Crippen LogP contribution in [-0.4, -0.2) is 16.3 Å². The van der Waals surface area contributed by atoms with Crippen LogP contribution in [-0.2, 0) is 13.0 Å². The second-order valence-corrected chi connectivity index (χ2v) is 4.50. The maximum Gasteiger partial charge on any atom is 0.0738 e. The molecule has 1 atom stereocenters. The number of rotatable bonds is 4. The third-order valence-electron chi connectivity index (χ3n) is 2.40. The fourth-order valence-electron chi connectivity index (χ4n) is 1.48. The van der Waals surface area contributed by atoms with Crippen molar-refractivity contribution in [2.24, 2.45) is 11.7 Å². The number of nitrogens with two attached hydrogens (primary N) is 1. The Bertz CT molecular complexity index is 307. The molecule has 0 aliphatic heterocycles. The monoisotopic (exact) mass is 259 g/mol. The van der Waals surface area contributed by atoms with Gasteiger partial charge in [-0.15, -0.1) is 0 Å². The molecule has 1 rings (SSSR count). The Kier molecular flexibility index (Phi) is 4.13. The van der Waals surface area contributed by atoms with Crippen LogP contribution in [0.15, 0.2) is 4.47 Å². The summed E-state index contributed by atoms with van der Waals surface area (Å²) in [5.74, 6) is 0.507. The van der Waals surface area contributed by atoms with E-state index in [2.05, 4.69) is 34.9 Å². The van der Waals surface area contributed by atoms with Crippen LogP contribution in [0.5, 0.6) is 0 Å². The van der Waals surface area contributed by atoms with Gasteiger partial charge in [0.05, 0.1) is 15.9 Å². The molecule has 2 N–H and O–H groups in total. The van der Waals surface area contributed by atoms with Gasteiger partial charge in [-0.25, -0.2) is 0 Å². The van der Waals surface area contributed by atoms with Crippen molar-refractivity contribution >= 4 is 15.9 Å². The van der Waals surface area contributed by atoms with Crippen molar-refractivity contribution in [1.29, 1.82) is 0 Å². The molecule has 0 aromatic carbocycles. The Morgan fingerprint density at radius 1 is 1.57 bits per heavy atom. The molecule has 1 aromatic heterocycles. The lowest BCUT2D eigenvalue weighted by Crippen LogP contribution is -2.15. The largest absolute Gasteiger partial charge is 0.330 e. The molecule has 0 radical (unpaired) electrons. The molecular formula is C10H18BrN3. The van der Waals surface area contributed by atoms with Crippen LogP contribution in [0.2, 0.25) is 0 Å². The van der Waals surface area contributed by atoms with E-state index in [9.17, 15) is 0 Å². The van der Waals surface area contributed by atoms with Gasteiger partial charge in [-0.05, 0) is 48.7 Å². The second kappa shape index (κ2) is 4.94. The smallest absolute Gasteiger partial charge is 0.0738 e. The van der Waals surface area contributed by atoms with E-state index in [1.165, 1.54) is 5.69 Å². The van der Waals surface area contributed by atoms with Crippen LogP contribution < -0.4 is 5.73 Å². The molecule has 0 bridgehead atoms. The Morgan fingerprint density at radius 3 is 2.71 bits per heavy atom. The van der Waals surface area contributed by atoms with Crippen LogP contribution in [0.1, 0.15) is 25.2 Å². The van der Waals surface area contributed by atoms with Gasteiger partial charge >= 0.3 is 0 Å². The summed E-state index contributed by atoms with van der Waals surface area (Å²) in [7, 11) is 0. The average molecular weight is 260 g/mol. The van der Waals surface area contributed by atoms with E-state index in [0.29, 0.717) is 5.92 Å². The van der Waals surface area contributed by atoms with Crippen LogP contribution in [0, 0.1) is 12.8 Å². The van der Waals surface area contributed by atoms with Crippen molar-refractivity contribution in [2.75, 3.05) is 6.54 Å². The maximum atomic E-state index is 5.62. The zero-order chi connectivity index (χ0) is 10.7. The highest BCUT2D eigenvalue weighted by molar-refractivity contribution is 9.10. The molecule has 0 aliphatic rings. The number of aryl methyl sites for hydroxylation is 2. The minimum Gasteiger partial charge on any atom is -0.330 e. The van der Waals surface area contributed by atoms with Gasteiger partial charge in [-0.2, -0.15) is 5.10 Å². The second-order valence-electron chi connectivity index (χ2n) is 3.71. The fourth-order valence-corrected chi connectivity index (χ4v) is 1.92. The Labute approximate surface area is 93.8 Å². The number of aromatic nitrogens is 2. The van der Waals surface area contributed by atoms with Crippen molar-refractivity contribution in [3.8, 4) is 0 Å². The van der Waals surface area contributed by atoms with Gasteiger partial charge in [-0.3, -0.25) is 4.68 Å². The van der Waals surface area contributed by atoms with Crippen molar-refractivity contribution in [3.63, 3.8) is 0 Å². The third-order valence-corrected chi connectivity index (χ3v) is 3.43. The first-order chi connectivity index (χ1) is 6.60. The molecule has 0 fully saturated rings. The van der Waals surface area contributed by atoms with Gasteiger partial charge in [0.2, 0.25) is 0 Å². The number of nitrogens with zero attached hydrogens (tertiary/aromatic N) is 2. The highest BCUT2D eigenvalue weighted by Gasteiger charge is 2.13. The maximum absolute atomic E-state index is 5.62. The van der Waals surface area contributed by atoms with Crippen LogP contribution in [0.3, 0.4) is 0 Å². The third kappa shape index (κ3) is 2.36. The Morgan fingerprint density at radius 2 is 2.21 bits per heavy atom. The normalized spacial score (nSPS) is 13.2. The lowest BCUT2D eigenvalue weighted by atomic mass is 10.1. The number of halogens is 1. The van der Waals surface area contributed by atoms with Crippen molar-refractivity contribution < 1.29 is 0 Å². The summed E-state index contributed by atoms with van der Waals surface area (Å²) in [5, 5.41) is 4.44. The molecule has 0 aliphatic carbocycles. The van der Waals surface area contributed by atoms with E-state index in [1.54, 1.807) is 0 Å². The minimum absolute atomic E-state index is 0.507. The van der Waals surface area contributed by atoms with Gasteiger partial charge in [-0.1, -0.05) is 6.92 Å². The van der Waals surface area contributed by atoms with Crippen LogP contribution >= 0.6 is 15.9 Å². The van der Waals surface area contributed by atoms with Gasteiger partial charge in [0, 0.05) is 6.54 Å². The van der Waals surface area contributed by atoms with Crippen molar-refractivity contribution in [3.05, 3.63) is 15.9 Å². The molecule has 3 nitrogen and oxygen atoms in total. The van der Waals surface area contributed by atoms with Gasteiger partial charge < -0.3 is 5.73 Å². The van der Waals surface area contributed by atoms with Crippen molar-refractivity contribution in [1.82, 2.24) is 9.78 Å². The first-order valence-electron chi connectivity index (χ1n) is 5.02. The molecule has 1 unspecified atom stereocenters. The highest BCUT2D eigenvalue weighted by Crippen LogP contribution is 2.23. The molecule has 4 heteroatoms. The van der Waals surface area contributed by atoms with Crippen LogP contribution in [0.25, 0.3) is 0 Å². The van der Waals surface area contributed by atoms with Gasteiger partial charge in [0.15, 0.2) is 0 Å².